The second kappa shape index (κ2) is 7.06. The van der Waals surface area contributed by atoms with Crippen molar-refractivity contribution in [3.05, 3.63) is 12.2 Å². The van der Waals surface area contributed by atoms with Gasteiger partial charge >= 0.3 is 5.97 Å². The molecule has 1 amide bonds. The van der Waals surface area contributed by atoms with E-state index >= 15 is 0 Å². The Labute approximate surface area is 101 Å². The van der Waals surface area contributed by atoms with Crippen molar-refractivity contribution >= 4 is 11.9 Å². The Hall–Kier alpha value is -1.36. The maximum Gasteiger partial charge on any atom is 0.306 e. The van der Waals surface area contributed by atoms with Crippen LogP contribution in [-0.2, 0) is 9.59 Å². The van der Waals surface area contributed by atoms with Crippen molar-refractivity contribution in [3.63, 3.8) is 0 Å². The summed E-state index contributed by atoms with van der Waals surface area (Å²) in [4.78, 5) is 22.0. The lowest BCUT2D eigenvalue weighted by Crippen LogP contribution is -2.31. The highest BCUT2D eigenvalue weighted by Crippen LogP contribution is 2.28. The third-order valence-electron chi connectivity index (χ3n) is 3.17. The minimum absolute atomic E-state index is 0.129. The number of aliphatic carboxylic acids is 1. The van der Waals surface area contributed by atoms with Gasteiger partial charge in [0, 0.05) is 19.2 Å². The Morgan fingerprint density at radius 1 is 1.29 bits per heavy atom. The normalized spacial score (nSPS) is 24.8. The van der Waals surface area contributed by atoms with Crippen LogP contribution in [0.5, 0.6) is 0 Å². The van der Waals surface area contributed by atoms with Crippen LogP contribution in [0.1, 0.15) is 25.7 Å². The van der Waals surface area contributed by atoms with Gasteiger partial charge in [-0.25, -0.2) is 0 Å². The molecule has 0 spiro atoms. The van der Waals surface area contributed by atoms with Crippen LogP contribution in [0.4, 0.5) is 0 Å². The molecule has 0 unspecified atom stereocenters. The van der Waals surface area contributed by atoms with E-state index in [2.05, 4.69) is 5.32 Å². The summed E-state index contributed by atoms with van der Waals surface area (Å²) in [6.07, 6.45) is 6.22. The minimum Gasteiger partial charge on any atom is -0.481 e. The smallest absolute Gasteiger partial charge is 0.306 e. The van der Waals surface area contributed by atoms with Gasteiger partial charge in [-0.2, -0.15) is 0 Å². The number of rotatable bonds is 5. The molecule has 1 fully saturated rings. The number of carbonyl (C=O) groups is 2. The molecule has 0 aromatic carbocycles. The maximum absolute atomic E-state index is 11.3. The number of amides is 1. The van der Waals surface area contributed by atoms with Crippen LogP contribution in [0.3, 0.4) is 0 Å². The summed E-state index contributed by atoms with van der Waals surface area (Å²) in [5.74, 6) is -0.617. The van der Waals surface area contributed by atoms with Crippen molar-refractivity contribution in [1.29, 1.82) is 0 Å². The highest BCUT2D eigenvalue weighted by atomic mass is 16.4. The van der Waals surface area contributed by atoms with E-state index in [1.165, 1.54) is 6.08 Å². The molecule has 17 heavy (non-hydrogen) atoms. The van der Waals surface area contributed by atoms with Crippen molar-refractivity contribution in [2.24, 2.45) is 17.6 Å². The van der Waals surface area contributed by atoms with Crippen LogP contribution in [-0.4, -0.2) is 30.1 Å². The number of hydrogen-bond donors (Lipinski definition) is 3. The van der Waals surface area contributed by atoms with Crippen LogP contribution in [0.2, 0.25) is 0 Å². The topological polar surface area (TPSA) is 92.4 Å². The van der Waals surface area contributed by atoms with E-state index in [1.807, 2.05) is 0 Å². The van der Waals surface area contributed by atoms with E-state index in [0.717, 1.165) is 12.8 Å². The molecule has 0 atom stereocenters. The van der Waals surface area contributed by atoms with Crippen LogP contribution >= 0.6 is 0 Å². The average molecular weight is 240 g/mol. The molecular weight excluding hydrogens is 220 g/mol. The number of carboxylic acids is 1. The SMILES string of the molecule is NC/C=C/C(=O)NCC1CCC(C(=O)O)CC1. The summed E-state index contributed by atoms with van der Waals surface area (Å²) in [5.41, 5.74) is 5.24. The van der Waals surface area contributed by atoms with Gasteiger partial charge in [0.05, 0.1) is 5.92 Å². The van der Waals surface area contributed by atoms with E-state index in [4.69, 9.17) is 10.8 Å². The second-order valence-corrected chi connectivity index (χ2v) is 4.44. The molecule has 1 aliphatic rings. The molecule has 0 bridgehead atoms. The monoisotopic (exact) mass is 240 g/mol. The first-order valence-electron chi connectivity index (χ1n) is 6.00. The van der Waals surface area contributed by atoms with E-state index < -0.39 is 5.97 Å². The maximum atomic E-state index is 11.3. The molecule has 96 valence electrons. The number of nitrogens with one attached hydrogen (secondary N) is 1. The van der Waals surface area contributed by atoms with E-state index in [-0.39, 0.29) is 11.8 Å². The van der Waals surface area contributed by atoms with Gasteiger partial charge in [0.2, 0.25) is 5.91 Å². The molecule has 1 aliphatic carbocycles. The average Bonchev–Trinajstić information content (AvgIpc) is 2.34. The fourth-order valence-corrected chi connectivity index (χ4v) is 2.09. The summed E-state index contributed by atoms with van der Waals surface area (Å²) >= 11 is 0. The van der Waals surface area contributed by atoms with Crippen molar-refractivity contribution in [3.8, 4) is 0 Å². The highest BCUT2D eigenvalue weighted by Gasteiger charge is 2.25. The summed E-state index contributed by atoms with van der Waals surface area (Å²) in [6.45, 7) is 0.983. The molecule has 0 heterocycles. The first-order chi connectivity index (χ1) is 8.13. The first-order valence-corrected chi connectivity index (χ1v) is 6.00. The molecule has 4 N–H and O–H groups in total. The Kier molecular flexibility index (Phi) is 5.69. The predicted molar refractivity (Wildman–Crippen MR) is 64.3 cm³/mol. The quantitative estimate of drug-likeness (QED) is 0.610. The molecule has 0 saturated heterocycles. The van der Waals surface area contributed by atoms with Gasteiger partial charge in [-0.3, -0.25) is 9.59 Å². The highest BCUT2D eigenvalue weighted by molar-refractivity contribution is 5.87. The summed E-state index contributed by atoms with van der Waals surface area (Å²) in [6, 6.07) is 0. The summed E-state index contributed by atoms with van der Waals surface area (Å²) in [5, 5.41) is 11.7. The van der Waals surface area contributed by atoms with E-state index in [1.54, 1.807) is 6.08 Å². The zero-order chi connectivity index (χ0) is 12.7. The Bertz CT molecular complexity index is 294. The molecule has 0 radical (unpaired) electrons. The molecule has 0 aliphatic heterocycles. The van der Waals surface area contributed by atoms with Crippen LogP contribution in [0.15, 0.2) is 12.2 Å². The van der Waals surface area contributed by atoms with Gasteiger partial charge in [0.15, 0.2) is 0 Å². The Balaban J connectivity index is 2.20. The van der Waals surface area contributed by atoms with Gasteiger partial charge in [-0.05, 0) is 31.6 Å². The minimum atomic E-state index is -0.696. The van der Waals surface area contributed by atoms with Gasteiger partial charge in [0.25, 0.3) is 0 Å². The Morgan fingerprint density at radius 3 is 2.47 bits per heavy atom. The van der Waals surface area contributed by atoms with Gasteiger partial charge < -0.3 is 16.2 Å². The second-order valence-electron chi connectivity index (χ2n) is 4.44. The van der Waals surface area contributed by atoms with E-state index in [0.29, 0.717) is 31.8 Å². The standard InChI is InChI=1S/C12H20N2O3/c13-7-1-2-11(15)14-8-9-3-5-10(6-4-9)12(16)17/h1-2,9-10H,3-8,13H2,(H,14,15)(H,16,17)/b2-1+. The van der Waals surface area contributed by atoms with Gasteiger partial charge in [-0.15, -0.1) is 0 Å². The molecule has 0 aromatic heterocycles. The zero-order valence-electron chi connectivity index (χ0n) is 9.89. The lowest BCUT2D eigenvalue weighted by Gasteiger charge is -2.25. The first kappa shape index (κ1) is 13.7. The van der Waals surface area contributed by atoms with Crippen molar-refractivity contribution in [2.45, 2.75) is 25.7 Å². The third-order valence-corrected chi connectivity index (χ3v) is 3.17. The number of hydrogen-bond acceptors (Lipinski definition) is 3. The zero-order valence-corrected chi connectivity index (χ0v) is 9.89. The number of carbonyl (C=O) groups excluding carboxylic acids is 1. The van der Waals surface area contributed by atoms with Crippen LogP contribution in [0, 0.1) is 11.8 Å². The van der Waals surface area contributed by atoms with Gasteiger partial charge in [-0.1, -0.05) is 6.08 Å². The summed E-state index contributed by atoms with van der Waals surface area (Å²) in [7, 11) is 0. The predicted octanol–water partition coefficient (Wildman–Crippen LogP) is 0.508. The number of nitrogens with two attached hydrogens (primary N) is 1. The molecule has 5 nitrogen and oxygen atoms in total. The molecule has 1 saturated carbocycles. The largest absolute Gasteiger partial charge is 0.481 e. The van der Waals surface area contributed by atoms with Crippen LogP contribution in [0.25, 0.3) is 0 Å². The Morgan fingerprint density at radius 2 is 1.94 bits per heavy atom. The molecule has 0 aromatic rings. The fourth-order valence-electron chi connectivity index (χ4n) is 2.09. The van der Waals surface area contributed by atoms with Crippen molar-refractivity contribution in [1.82, 2.24) is 5.32 Å². The fraction of sp³-hybridized carbons (Fsp3) is 0.667. The molecular formula is C12H20N2O3. The molecule has 5 heteroatoms. The lowest BCUT2D eigenvalue weighted by molar-refractivity contribution is -0.143. The van der Waals surface area contributed by atoms with Gasteiger partial charge in [0.1, 0.15) is 0 Å². The summed E-state index contributed by atoms with van der Waals surface area (Å²) < 4.78 is 0. The van der Waals surface area contributed by atoms with Crippen molar-refractivity contribution in [2.75, 3.05) is 13.1 Å². The molecule has 1 rings (SSSR count). The lowest BCUT2D eigenvalue weighted by atomic mass is 9.82. The number of carboxylic acid groups (broad SMARTS) is 1. The third kappa shape index (κ3) is 4.99. The van der Waals surface area contributed by atoms with Crippen molar-refractivity contribution < 1.29 is 14.7 Å². The van der Waals surface area contributed by atoms with E-state index in [9.17, 15) is 9.59 Å². The van der Waals surface area contributed by atoms with Crippen LogP contribution < -0.4 is 11.1 Å².